The van der Waals surface area contributed by atoms with Gasteiger partial charge in [0.25, 0.3) is 0 Å². The Balaban J connectivity index is 0.971. The molecule has 2 nitrogen and oxygen atoms in total. The Morgan fingerprint density at radius 3 is 1.01 bits per heavy atom. The van der Waals surface area contributed by atoms with E-state index in [1.165, 1.54) is 93.2 Å². The zero-order chi connectivity index (χ0) is 48.0. The van der Waals surface area contributed by atoms with Crippen molar-refractivity contribution >= 4 is 150 Å². The number of hydrogen-bond donors (Lipinski definition) is 0. The lowest BCUT2D eigenvalue weighted by Gasteiger charge is -2.31. The normalized spacial score (nSPS) is 11.8. The second kappa shape index (κ2) is 17.0. The van der Waals surface area contributed by atoms with Gasteiger partial charge in [0.15, 0.2) is 0 Å². The first-order valence-corrected chi connectivity index (χ1v) is 27.1. The van der Waals surface area contributed by atoms with Crippen LogP contribution in [0, 0.1) is 0 Å². The summed E-state index contributed by atoms with van der Waals surface area (Å²) in [6, 6.07) is 94.8. The molecule has 15 rings (SSSR count). The van der Waals surface area contributed by atoms with Crippen molar-refractivity contribution in [3.8, 4) is 22.3 Å². The van der Waals surface area contributed by atoms with Gasteiger partial charge in [-0.15, -0.1) is 34.0 Å². The SMILES string of the molecule is c1ccc2cc(N(c3cc(-c4ccc(-c5ccc6sc7ccccc7c6c5)cc4)cc(N(c4ccc5ccccc5c4)c4ccc5sc6ccccc6c5c4)c3)c3ccc4sc5ccccc5c4c3)ccc2c1. The Bertz CT molecular complexity index is 4440. The summed E-state index contributed by atoms with van der Waals surface area (Å²) in [5, 5.41) is 12.5. The van der Waals surface area contributed by atoms with Crippen LogP contribution in [0.25, 0.3) is 104 Å². The van der Waals surface area contributed by atoms with E-state index in [0.717, 1.165) is 45.3 Å². The molecule has 3 aromatic heterocycles. The highest BCUT2D eigenvalue weighted by Gasteiger charge is 2.22. The van der Waals surface area contributed by atoms with Crippen LogP contribution in [0.5, 0.6) is 0 Å². The number of benzene rings is 12. The Labute approximate surface area is 434 Å². The Morgan fingerprint density at radius 2 is 0.534 bits per heavy atom. The molecule has 0 radical (unpaired) electrons. The van der Waals surface area contributed by atoms with Gasteiger partial charge < -0.3 is 9.80 Å². The first kappa shape index (κ1) is 42.1. The van der Waals surface area contributed by atoms with Crippen LogP contribution in [0.4, 0.5) is 34.1 Å². The van der Waals surface area contributed by atoms with E-state index in [0.29, 0.717) is 0 Å². The summed E-state index contributed by atoms with van der Waals surface area (Å²) in [4.78, 5) is 4.93. The molecule has 0 atom stereocenters. The first-order valence-electron chi connectivity index (χ1n) is 24.7. The third kappa shape index (κ3) is 7.27. The highest BCUT2D eigenvalue weighted by Crippen LogP contribution is 2.48. The van der Waals surface area contributed by atoms with E-state index in [4.69, 9.17) is 0 Å². The van der Waals surface area contributed by atoms with Crippen molar-refractivity contribution in [2.45, 2.75) is 0 Å². The molecule has 0 N–H and O–H groups in total. The van der Waals surface area contributed by atoms with Crippen LogP contribution in [0.3, 0.4) is 0 Å². The average Bonchev–Trinajstić information content (AvgIpc) is 4.14. The van der Waals surface area contributed by atoms with E-state index in [1.807, 2.05) is 34.0 Å². The maximum Gasteiger partial charge on any atom is 0.0488 e. The Morgan fingerprint density at radius 1 is 0.192 bits per heavy atom. The number of hydrogen-bond acceptors (Lipinski definition) is 5. The van der Waals surface area contributed by atoms with Crippen molar-refractivity contribution in [3.63, 3.8) is 0 Å². The van der Waals surface area contributed by atoms with Gasteiger partial charge in [0.1, 0.15) is 0 Å². The van der Waals surface area contributed by atoms with Crippen molar-refractivity contribution < 1.29 is 0 Å². The zero-order valence-electron chi connectivity index (χ0n) is 39.4. The zero-order valence-corrected chi connectivity index (χ0v) is 41.8. The highest BCUT2D eigenvalue weighted by molar-refractivity contribution is 7.26. The summed E-state index contributed by atoms with van der Waals surface area (Å²) in [5.41, 5.74) is 11.2. The van der Waals surface area contributed by atoms with Gasteiger partial charge in [-0.3, -0.25) is 0 Å². The molecule has 12 aromatic carbocycles. The van der Waals surface area contributed by atoms with Gasteiger partial charge in [-0.05, 0) is 153 Å². The molecule has 0 amide bonds. The molecule has 15 aromatic rings. The summed E-state index contributed by atoms with van der Waals surface area (Å²) in [6.07, 6.45) is 0. The van der Waals surface area contributed by atoms with Crippen molar-refractivity contribution in [2.24, 2.45) is 0 Å². The van der Waals surface area contributed by atoms with Gasteiger partial charge in [-0.1, -0.05) is 146 Å². The Hall–Kier alpha value is -8.58. The van der Waals surface area contributed by atoms with E-state index in [1.54, 1.807) is 0 Å². The second-order valence-electron chi connectivity index (χ2n) is 18.9. The lowest BCUT2D eigenvalue weighted by Crippen LogP contribution is -2.13. The molecule has 5 heteroatoms. The van der Waals surface area contributed by atoms with Gasteiger partial charge in [0.2, 0.25) is 0 Å². The van der Waals surface area contributed by atoms with Gasteiger partial charge in [-0.2, -0.15) is 0 Å². The highest BCUT2D eigenvalue weighted by atomic mass is 32.1. The van der Waals surface area contributed by atoms with Crippen molar-refractivity contribution in [1.29, 1.82) is 0 Å². The lowest BCUT2D eigenvalue weighted by atomic mass is 9.97. The molecule has 342 valence electrons. The number of thiophene rings is 3. The van der Waals surface area contributed by atoms with Crippen molar-refractivity contribution in [2.75, 3.05) is 9.80 Å². The van der Waals surface area contributed by atoms with Gasteiger partial charge >= 0.3 is 0 Å². The second-order valence-corrected chi connectivity index (χ2v) is 22.2. The van der Waals surface area contributed by atoms with E-state index >= 15 is 0 Å². The molecule has 0 unspecified atom stereocenters. The van der Waals surface area contributed by atoms with Gasteiger partial charge in [0, 0.05) is 94.6 Å². The fourth-order valence-corrected chi connectivity index (χ4v) is 14.3. The molecule has 0 saturated carbocycles. The van der Waals surface area contributed by atoms with Gasteiger partial charge in [-0.25, -0.2) is 0 Å². The fourth-order valence-electron chi connectivity index (χ4n) is 11.0. The summed E-state index contributed by atoms with van der Waals surface area (Å²) in [6.45, 7) is 0. The lowest BCUT2D eigenvalue weighted by molar-refractivity contribution is 1.26. The minimum atomic E-state index is 1.06. The molecule has 0 bridgehead atoms. The quantitative estimate of drug-likeness (QED) is 0.150. The van der Waals surface area contributed by atoms with Crippen LogP contribution in [0.1, 0.15) is 0 Å². The first-order chi connectivity index (χ1) is 36.1. The van der Waals surface area contributed by atoms with Crippen LogP contribution in [-0.4, -0.2) is 0 Å². The summed E-state index contributed by atoms with van der Waals surface area (Å²) in [7, 11) is 0. The monoisotopic (exact) mass is 982 g/mol. The number of nitrogens with zero attached hydrogens (tertiary/aromatic N) is 2. The minimum absolute atomic E-state index is 1.06. The third-order valence-electron chi connectivity index (χ3n) is 14.6. The molecule has 0 aliphatic rings. The molecule has 0 fully saturated rings. The van der Waals surface area contributed by atoms with E-state index in [2.05, 4.69) is 265 Å². The molecular weight excluding hydrogens is 941 g/mol. The maximum atomic E-state index is 2.47. The molecule has 0 saturated heterocycles. The molecule has 0 spiro atoms. The summed E-state index contributed by atoms with van der Waals surface area (Å²) >= 11 is 5.57. The number of fused-ring (bicyclic) bond motifs is 11. The smallest absolute Gasteiger partial charge is 0.0488 e. The molecule has 0 aliphatic heterocycles. The maximum absolute atomic E-state index is 2.47. The number of anilines is 6. The van der Waals surface area contributed by atoms with Gasteiger partial charge in [0.05, 0.1) is 0 Å². The summed E-state index contributed by atoms with van der Waals surface area (Å²) < 4.78 is 7.79. The minimum Gasteiger partial charge on any atom is -0.310 e. The van der Waals surface area contributed by atoms with Crippen molar-refractivity contribution in [3.05, 3.63) is 255 Å². The number of rotatable bonds is 8. The molecular formula is C68H42N2S3. The topological polar surface area (TPSA) is 6.48 Å². The van der Waals surface area contributed by atoms with Crippen LogP contribution < -0.4 is 9.80 Å². The van der Waals surface area contributed by atoms with E-state index in [-0.39, 0.29) is 0 Å². The molecule has 0 aliphatic carbocycles. The molecule has 73 heavy (non-hydrogen) atoms. The largest absolute Gasteiger partial charge is 0.310 e. The van der Waals surface area contributed by atoms with E-state index in [9.17, 15) is 0 Å². The predicted molar refractivity (Wildman–Crippen MR) is 320 cm³/mol. The predicted octanol–water partition coefficient (Wildman–Crippen LogP) is 21.4. The van der Waals surface area contributed by atoms with E-state index < -0.39 is 0 Å². The Kier molecular flexibility index (Phi) is 9.83. The standard InChI is InChI=1S/C68H42N2S3/c1-3-13-47-35-51(28-25-43(47)11-1)69(53-30-33-67-61(41-53)58-16-6-9-19-64(58)72-67)55-37-50(46-23-21-45(22-24-46)49-27-32-66-60(39-49)57-15-5-8-18-63(57)71-66)38-56(40-55)70(52-29-26-44-12-2-4-14-48(44)36-52)54-31-34-68-62(42-54)59-17-7-10-20-65(59)73-68/h1-42H. The van der Waals surface area contributed by atoms with Crippen LogP contribution in [-0.2, 0) is 0 Å². The summed E-state index contributed by atoms with van der Waals surface area (Å²) in [5.74, 6) is 0. The fraction of sp³-hybridized carbons (Fsp3) is 0. The average molecular weight is 983 g/mol. The van der Waals surface area contributed by atoms with Crippen LogP contribution in [0.2, 0.25) is 0 Å². The van der Waals surface area contributed by atoms with Crippen molar-refractivity contribution in [1.82, 2.24) is 0 Å². The molecule has 3 heterocycles. The van der Waals surface area contributed by atoms with Crippen LogP contribution >= 0.6 is 34.0 Å². The third-order valence-corrected chi connectivity index (χ3v) is 18.0. The van der Waals surface area contributed by atoms with Crippen LogP contribution in [0.15, 0.2) is 255 Å².